The Hall–Kier alpha value is -1.81. The van der Waals surface area contributed by atoms with E-state index in [2.05, 4.69) is 5.10 Å². The molecule has 4 heteroatoms. The monoisotopic (exact) mass is 217 g/mol. The number of hydrogen-bond acceptors (Lipinski definition) is 3. The molecule has 0 amide bonds. The Labute approximate surface area is 94.6 Å². The molecule has 0 fully saturated rings. The lowest BCUT2D eigenvalue weighted by atomic mass is 10.2. The van der Waals surface area contributed by atoms with Gasteiger partial charge in [0.15, 0.2) is 0 Å². The van der Waals surface area contributed by atoms with Gasteiger partial charge in [0, 0.05) is 23.9 Å². The van der Waals surface area contributed by atoms with Crippen molar-refractivity contribution in [2.45, 2.75) is 13.0 Å². The maximum atomic E-state index is 5.78. The number of aromatic nitrogens is 2. The Balaban J connectivity index is 2.34. The summed E-state index contributed by atoms with van der Waals surface area (Å²) in [5.74, 6) is 0.815. The molecule has 0 aliphatic heterocycles. The van der Waals surface area contributed by atoms with Gasteiger partial charge in [-0.2, -0.15) is 5.10 Å². The summed E-state index contributed by atoms with van der Waals surface area (Å²) in [6.45, 7) is 1.94. The van der Waals surface area contributed by atoms with E-state index in [9.17, 15) is 0 Å². The second-order valence-corrected chi connectivity index (χ2v) is 3.71. The van der Waals surface area contributed by atoms with Crippen LogP contribution in [-0.2, 0) is 0 Å². The molecule has 84 valence electrons. The van der Waals surface area contributed by atoms with E-state index in [-0.39, 0.29) is 6.04 Å². The first-order valence-electron chi connectivity index (χ1n) is 5.15. The zero-order valence-corrected chi connectivity index (χ0v) is 9.42. The largest absolute Gasteiger partial charge is 0.497 e. The summed E-state index contributed by atoms with van der Waals surface area (Å²) in [5, 5.41) is 4.26. The molecule has 0 spiro atoms. The smallest absolute Gasteiger partial charge is 0.121 e. The van der Waals surface area contributed by atoms with Crippen LogP contribution >= 0.6 is 0 Å². The van der Waals surface area contributed by atoms with Crippen molar-refractivity contribution in [1.29, 1.82) is 0 Å². The van der Waals surface area contributed by atoms with E-state index in [0.717, 1.165) is 17.0 Å². The Bertz CT molecular complexity index is 477. The lowest BCUT2D eigenvalue weighted by Gasteiger charge is -2.04. The minimum absolute atomic E-state index is 0.000595. The molecule has 0 aliphatic carbocycles. The maximum Gasteiger partial charge on any atom is 0.121 e. The number of nitrogens with zero attached hydrogens (tertiary/aromatic N) is 2. The molecule has 1 heterocycles. The van der Waals surface area contributed by atoms with Crippen molar-refractivity contribution in [3.63, 3.8) is 0 Å². The van der Waals surface area contributed by atoms with E-state index in [1.54, 1.807) is 18.0 Å². The highest BCUT2D eigenvalue weighted by Crippen LogP contribution is 2.17. The Kier molecular flexibility index (Phi) is 2.92. The average molecular weight is 217 g/mol. The molecule has 1 atom stereocenters. The fraction of sp³-hybridized carbons (Fsp3) is 0.250. The van der Waals surface area contributed by atoms with Gasteiger partial charge < -0.3 is 10.5 Å². The molecule has 0 saturated carbocycles. The van der Waals surface area contributed by atoms with Crippen molar-refractivity contribution in [2.24, 2.45) is 5.73 Å². The second kappa shape index (κ2) is 4.37. The van der Waals surface area contributed by atoms with Crippen LogP contribution in [0.4, 0.5) is 0 Å². The Morgan fingerprint density at radius 2 is 2.25 bits per heavy atom. The summed E-state index contributed by atoms with van der Waals surface area (Å²) >= 11 is 0. The summed E-state index contributed by atoms with van der Waals surface area (Å²) in [6, 6.07) is 7.73. The van der Waals surface area contributed by atoms with Gasteiger partial charge in [-0.1, -0.05) is 6.07 Å². The van der Waals surface area contributed by atoms with Gasteiger partial charge in [0.25, 0.3) is 0 Å². The zero-order valence-electron chi connectivity index (χ0n) is 9.42. The molecule has 0 bridgehead atoms. The van der Waals surface area contributed by atoms with E-state index < -0.39 is 0 Å². The van der Waals surface area contributed by atoms with Gasteiger partial charge >= 0.3 is 0 Å². The first-order chi connectivity index (χ1) is 7.70. The fourth-order valence-electron chi connectivity index (χ4n) is 1.47. The zero-order chi connectivity index (χ0) is 11.5. The van der Waals surface area contributed by atoms with Gasteiger partial charge in [-0.15, -0.1) is 0 Å². The Morgan fingerprint density at radius 3 is 2.88 bits per heavy atom. The van der Waals surface area contributed by atoms with E-state index in [4.69, 9.17) is 10.5 Å². The summed E-state index contributed by atoms with van der Waals surface area (Å²) < 4.78 is 6.96. The van der Waals surface area contributed by atoms with Crippen LogP contribution in [0.25, 0.3) is 5.69 Å². The first kappa shape index (κ1) is 10.7. The first-order valence-corrected chi connectivity index (χ1v) is 5.15. The molecule has 4 nitrogen and oxygen atoms in total. The van der Waals surface area contributed by atoms with Gasteiger partial charge in [0.05, 0.1) is 19.0 Å². The maximum absolute atomic E-state index is 5.78. The number of benzene rings is 1. The third kappa shape index (κ3) is 2.06. The molecule has 1 aromatic heterocycles. The van der Waals surface area contributed by atoms with Gasteiger partial charge in [0.2, 0.25) is 0 Å². The Morgan fingerprint density at radius 1 is 1.44 bits per heavy atom. The highest BCUT2D eigenvalue weighted by molar-refractivity contribution is 5.39. The summed E-state index contributed by atoms with van der Waals surface area (Å²) in [7, 11) is 1.65. The summed E-state index contributed by atoms with van der Waals surface area (Å²) in [6.07, 6.45) is 3.71. The van der Waals surface area contributed by atoms with Gasteiger partial charge in [-0.25, -0.2) is 4.68 Å². The van der Waals surface area contributed by atoms with Gasteiger partial charge in [-0.05, 0) is 19.1 Å². The minimum Gasteiger partial charge on any atom is -0.497 e. The molecule has 2 rings (SSSR count). The molecule has 0 unspecified atom stereocenters. The van der Waals surface area contributed by atoms with Crippen molar-refractivity contribution in [1.82, 2.24) is 9.78 Å². The van der Waals surface area contributed by atoms with Crippen LogP contribution in [0.1, 0.15) is 18.5 Å². The van der Waals surface area contributed by atoms with Crippen LogP contribution < -0.4 is 10.5 Å². The lowest BCUT2D eigenvalue weighted by Crippen LogP contribution is -2.03. The highest BCUT2D eigenvalue weighted by atomic mass is 16.5. The van der Waals surface area contributed by atoms with Crippen LogP contribution in [0, 0.1) is 0 Å². The fourth-order valence-corrected chi connectivity index (χ4v) is 1.47. The van der Waals surface area contributed by atoms with E-state index in [1.165, 1.54) is 0 Å². The number of nitrogens with two attached hydrogens (primary N) is 1. The SMILES string of the molecule is COc1cccc(-n2cc([C@H](C)N)cn2)c1. The molecule has 0 saturated heterocycles. The van der Waals surface area contributed by atoms with Crippen molar-refractivity contribution >= 4 is 0 Å². The standard InChI is InChI=1S/C12H15N3O/c1-9(13)10-7-14-15(8-10)11-4-3-5-12(6-11)16-2/h3-9H,13H2,1-2H3/t9-/m0/s1. The van der Waals surface area contributed by atoms with Crippen LogP contribution in [-0.4, -0.2) is 16.9 Å². The molecule has 2 aromatic rings. The predicted molar refractivity (Wildman–Crippen MR) is 62.7 cm³/mol. The predicted octanol–water partition coefficient (Wildman–Crippen LogP) is 1.90. The molecule has 1 aromatic carbocycles. The molecular formula is C12H15N3O. The topological polar surface area (TPSA) is 53.1 Å². The number of rotatable bonds is 3. The van der Waals surface area contributed by atoms with Crippen molar-refractivity contribution in [2.75, 3.05) is 7.11 Å². The molecular weight excluding hydrogens is 202 g/mol. The van der Waals surface area contributed by atoms with E-state index in [1.807, 2.05) is 37.4 Å². The summed E-state index contributed by atoms with van der Waals surface area (Å²) in [4.78, 5) is 0. The van der Waals surface area contributed by atoms with E-state index in [0.29, 0.717) is 0 Å². The molecule has 0 aliphatic rings. The average Bonchev–Trinajstić information content (AvgIpc) is 2.78. The quantitative estimate of drug-likeness (QED) is 0.854. The lowest BCUT2D eigenvalue weighted by molar-refractivity contribution is 0.414. The van der Waals surface area contributed by atoms with Crippen molar-refractivity contribution in [3.8, 4) is 11.4 Å². The van der Waals surface area contributed by atoms with Gasteiger partial charge in [-0.3, -0.25) is 0 Å². The number of hydrogen-bond donors (Lipinski definition) is 1. The molecule has 2 N–H and O–H groups in total. The normalized spacial score (nSPS) is 12.4. The van der Waals surface area contributed by atoms with Crippen LogP contribution in [0.15, 0.2) is 36.7 Å². The minimum atomic E-state index is -0.000595. The van der Waals surface area contributed by atoms with Crippen LogP contribution in [0.3, 0.4) is 0 Å². The second-order valence-electron chi connectivity index (χ2n) is 3.71. The highest BCUT2D eigenvalue weighted by Gasteiger charge is 2.04. The van der Waals surface area contributed by atoms with Crippen LogP contribution in [0.5, 0.6) is 5.75 Å². The molecule has 16 heavy (non-hydrogen) atoms. The third-order valence-electron chi connectivity index (χ3n) is 2.45. The summed E-state index contributed by atoms with van der Waals surface area (Å²) in [5.41, 5.74) is 7.76. The molecule has 0 radical (unpaired) electrons. The van der Waals surface area contributed by atoms with E-state index >= 15 is 0 Å². The number of ether oxygens (including phenoxy) is 1. The van der Waals surface area contributed by atoms with Crippen molar-refractivity contribution in [3.05, 3.63) is 42.2 Å². The van der Waals surface area contributed by atoms with Crippen LogP contribution in [0.2, 0.25) is 0 Å². The van der Waals surface area contributed by atoms with Crippen molar-refractivity contribution < 1.29 is 4.74 Å². The van der Waals surface area contributed by atoms with Gasteiger partial charge in [0.1, 0.15) is 5.75 Å². The third-order valence-corrected chi connectivity index (χ3v) is 2.45. The number of methoxy groups -OCH3 is 1.